The van der Waals surface area contributed by atoms with Crippen LogP contribution in [0.25, 0.3) is 0 Å². The first-order chi connectivity index (χ1) is 10.8. The van der Waals surface area contributed by atoms with Gasteiger partial charge in [-0.3, -0.25) is 9.69 Å². The maximum atomic E-state index is 12.2. The Hall–Kier alpha value is -1.39. The number of hydrogen-bond donors (Lipinski definition) is 2. The van der Waals surface area contributed by atoms with E-state index in [2.05, 4.69) is 45.9 Å². The average Bonchev–Trinajstić information content (AvgIpc) is 3.09. The first kappa shape index (κ1) is 15.5. The Bertz CT molecular complexity index is 470. The van der Waals surface area contributed by atoms with E-state index in [1.54, 1.807) is 0 Å². The summed E-state index contributed by atoms with van der Waals surface area (Å²) in [6.07, 6.45) is 4.71. The first-order valence-corrected chi connectivity index (χ1v) is 8.59. The molecule has 0 aliphatic carbocycles. The van der Waals surface area contributed by atoms with E-state index in [1.165, 1.54) is 24.8 Å². The number of nitrogens with one attached hydrogen (secondary N) is 2. The van der Waals surface area contributed by atoms with Gasteiger partial charge in [-0.05, 0) is 37.9 Å². The van der Waals surface area contributed by atoms with Crippen molar-refractivity contribution >= 4 is 5.91 Å². The number of rotatable bonds is 5. The van der Waals surface area contributed by atoms with E-state index < -0.39 is 0 Å². The van der Waals surface area contributed by atoms with Crippen LogP contribution in [0.3, 0.4) is 0 Å². The maximum absolute atomic E-state index is 12.2. The van der Waals surface area contributed by atoms with E-state index in [-0.39, 0.29) is 11.8 Å². The Morgan fingerprint density at radius 2 is 2.09 bits per heavy atom. The molecule has 2 heterocycles. The van der Waals surface area contributed by atoms with Crippen molar-refractivity contribution in [3.05, 3.63) is 35.9 Å². The smallest absolute Gasteiger partial charge is 0.224 e. The lowest BCUT2D eigenvalue weighted by molar-refractivity contribution is -0.124. The van der Waals surface area contributed by atoms with Gasteiger partial charge in [0.2, 0.25) is 5.91 Å². The maximum Gasteiger partial charge on any atom is 0.224 e. The summed E-state index contributed by atoms with van der Waals surface area (Å²) in [6.45, 7) is 4.74. The van der Waals surface area contributed by atoms with Crippen molar-refractivity contribution in [1.29, 1.82) is 0 Å². The third-order valence-corrected chi connectivity index (χ3v) is 4.92. The van der Waals surface area contributed by atoms with Crippen LogP contribution in [-0.2, 0) is 11.3 Å². The van der Waals surface area contributed by atoms with Gasteiger partial charge in [-0.1, -0.05) is 36.8 Å². The topological polar surface area (TPSA) is 44.4 Å². The molecule has 4 nitrogen and oxygen atoms in total. The molecule has 1 aromatic rings. The van der Waals surface area contributed by atoms with E-state index in [0.717, 1.165) is 39.1 Å². The second-order valence-corrected chi connectivity index (χ2v) is 6.54. The van der Waals surface area contributed by atoms with Gasteiger partial charge in [-0.2, -0.15) is 0 Å². The van der Waals surface area contributed by atoms with Gasteiger partial charge in [-0.25, -0.2) is 0 Å². The molecule has 0 aromatic heterocycles. The summed E-state index contributed by atoms with van der Waals surface area (Å²) in [6, 6.07) is 11.1. The molecule has 120 valence electrons. The summed E-state index contributed by atoms with van der Waals surface area (Å²) in [5.74, 6) is 0.404. The highest BCUT2D eigenvalue weighted by atomic mass is 16.1. The van der Waals surface area contributed by atoms with Crippen LogP contribution >= 0.6 is 0 Å². The highest BCUT2D eigenvalue weighted by Crippen LogP contribution is 2.19. The van der Waals surface area contributed by atoms with Crippen LogP contribution in [0.5, 0.6) is 0 Å². The number of benzene rings is 1. The molecule has 2 aliphatic heterocycles. The van der Waals surface area contributed by atoms with Crippen molar-refractivity contribution < 1.29 is 4.79 Å². The molecule has 0 bridgehead atoms. The Balaban J connectivity index is 1.52. The van der Waals surface area contributed by atoms with Gasteiger partial charge in [0.1, 0.15) is 0 Å². The van der Waals surface area contributed by atoms with Crippen LogP contribution in [0.15, 0.2) is 30.3 Å². The fourth-order valence-corrected chi connectivity index (χ4v) is 3.56. The Kier molecular flexibility index (Phi) is 5.46. The third kappa shape index (κ3) is 4.08. The molecular formula is C18H27N3O. The lowest BCUT2D eigenvalue weighted by atomic mass is 10.0. The van der Waals surface area contributed by atoms with Crippen molar-refractivity contribution in [3.63, 3.8) is 0 Å². The van der Waals surface area contributed by atoms with Crippen molar-refractivity contribution in [2.75, 3.05) is 26.2 Å². The van der Waals surface area contributed by atoms with Crippen LogP contribution in [-0.4, -0.2) is 43.0 Å². The number of nitrogens with zero attached hydrogens (tertiary/aromatic N) is 1. The standard InChI is InChI=1S/C18H27N3O/c22-18(16-9-10-19-12-16)20-13-17-8-4-5-11-21(17)14-15-6-2-1-3-7-15/h1-3,6-7,16-17,19H,4-5,8-14H2,(H,20,22). The average molecular weight is 301 g/mol. The Morgan fingerprint density at radius 3 is 2.86 bits per heavy atom. The van der Waals surface area contributed by atoms with Crippen LogP contribution in [0.2, 0.25) is 0 Å². The molecule has 2 N–H and O–H groups in total. The molecule has 2 atom stereocenters. The second kappa shape index (κ2) is 7.75. The zero-order valence-corrected chi connectivity index (χ0v) is 13.3. The first-order valence-electron chi connectivity index (χ1n) is 8.59. The summed E-state index contributed by atoms with van der Waals surface area (Å²) in [5.41, 5.74) is 1.36. The largest absolute Gasteiger partial charge is 0.354 e. The lowest BCUT2D eigenvalue weighted by Gasteiger charge is -2.36. The molecule has 0 saturated carbocycles. The summed E-state index contributed by atoms with van der Waals surface area (Å²) >= 11 is 0. The van der Waals surface area contributed by atoms with Crippen molar-refractivity contribution in [1.82, 2.24) is 15.5 Å². The number of hydrogen-bond acceptors (Lipinski definition) is 3. The van der Waals surface area contributed by atoms with Gasteiger partial charge < -0.3 is 10.6 Å². The van der Waals surface area contributed by atoms with Crippen LogP contribution in [0.1, 0.15) is 31.2 Å². The zero-order valence-electron chi connectivity index (χ0n) is 13.3. The molecule has 2 fully saturated rings. The van der Waals surface area contributed by atoms with Gasteiger partial charge in [0, 0.05) is 25.7 Å². The molecule has 2 unspecified atom stereocenters. The van der Waals surface area contributed by atoms with Crippen molar-refractivity contribution in [2.24, 2.45) is 5.92 Å². The van der Waals surface area contributed by atoms with E-state index >= 15 is 0 Å². The number of carbonyl (C=O) groups is 1. The minimum Gasteiger partial charge on any atom is -0.354 e. The molecule has 22 heavy (non-hydrogen) atoms. The summed E-state index contributed by atoms with van der Waals surface area (Å²) in [5, 5.41) is 6.45. The molecule has 4 heteroatoms. The third-order valence-electron chi connectivity index (χ3n) is 4.92. The quantitative estimate of drug-likeness (QED) is 0.871. The fourth-order valence-electron chi connectivity index (χ4n) is 3.56. The number of likely N-dealkylation sites (tertiary alicyclic amines) is 1. The van der Waals surface area contributed by atoms with Gasteiger partial charge in [0.25, 0.3) is 0 Å². The molecule has 1 amide bonds. The Morgan fingerprint density at radius 1 is 1.23 bits per heavy atom. The van der Waals surface area contributed by atoms with E-state index in [9.17, 15) is 4.79 Å². The predicted octanol–water partition coefficient (Wildman–Crippen LogP) is 1.77. The zero-order chi connectivity index (χ0) is 15.2. The predicted molar refractivity (Wildman–Crippen MR) is 88.5 cm³/mol. The van der Waals surface area contributed by atoms with E-state index in [4.69, 9.17) is 0 Å². The molecule has 2 aliphatic rings. The second-order valence-electron chi connectivity index (χ2n) is 6.54. The van der Waals surface area contributed by atoms with Crippen molar-refractivity contribution in [3.8, 4) is 0 Å². The summed E-state index contributed by atoms with van der Waals surface area (Å²) < 4.78 is 0. The lowest BCUT2D eigenvalue weighted by Crippen LogP contribution is -2.47. The molecule has 0 spiro atoms. The highest BCUT2D eigenvalue weighted by molar-refractivity contribution is 5.79. The van der Waals surface area contributed by atoms with Gasteiger partial charge >= 0.3 is 0 Å². The van der Waals surface area contributed by atoms with Gasteiger partial charge in [0.15, 0.2) is 0 Å². The number of amides is 1. The minimum atomic E-state index is 0.172. The van der Waals surface area contributed by atoms with E-state index in [0.29, 0.717) is 6.04 Å². The van der Waals surface area contributed by atoms with Crippen LogP contribution in [0.4, 0.5) is 0 Å². The fraction of sp³-hybridized carbons (Fsp3) is 0.611. The van der Waals surface area contributed by atoms with Gasteiger partial charge in [-0.15, -0.1) is 0 Å². The molecular weight excluding hydrogens is 274 g/mol. The monoisotopic (exact) mass is 301 g/mol. The van der Waals surface area contributed by atoms with Gasteiger partial charge in [0.05, 0.1) is 5.92 Å². The summed E-state index contributed by atoms with van der Waals surface area (Å²) in [4.78, 5) is 14.7. The van der Waals surface area contributed by atoms with Crippen molar-refractivity contribution in [2.45, 2.75) is 38.3 Å². The van der Waals surface area contributed by atoms with Crippen LogP contribution < -0.4 is 10.6 Å². The minimum absolute atomic E-state index is 0.172. The SMILES string of the molecule is O=C(NCC1CCCCN1Cc1ccccc1)C1CCNC1. The van der Waals surface area contributed by atoms with Crippen LogP contribution in [0, 0.1) is 5.92 Å². The normalized spacial score (nSPS) is 26.0. The number of piperidine rings is 1. The molecule has 3 rings (SSSR count). The molecule has 1 aromatic carbocycles. The summed E-state index contributed by atoms with van der Waals surface area (Å²) in [7, 11) is 0. The Labute approximate surface area is 133 Å². The van der Waals surface area contributed by atoms with E-state index in [1.807, 2.05) is 0 Å². The highest BCUT2D eigenvalue weighted by Gasteiger charge is 2.26. The molecule has 2 saturated heterocycles. The number of carbonyl (C=O) groups excluding carboxylic acids is 1. The molecule has 0 radical (unpaired) electrons.